The fourth-order valence-corrected chi connectivity index (χ4v) is 10.6. The lowest BCUT2D eigenvalue weighted by molar-refractivity contribution is -0.301. The monoisotopic (exact) mass is 1220 g/mol. The zero-order valence-corrected chi connectivity index (χ0v) is 55.5. The van der Waals surface area contributed by atoms with Crippen LogP contribution in [-0.2, 0) is 42.9 Å². The number of ether oxygens (including phenoxy) is 5. The third-order valence-corrected chi connectivity index (χ3v) is 16.0. The van der Waals surface area contributed by atoms with Gasteiger partial charge in [0.2, 0.25) is 0 Å². The normalized spacial score (nSPS) is 17.8. The van der Waals surface area contributed by atoms with Gasteiger partial charge in [0.25, 0.3) is 0 Å². The van der Waals surface area contributed by atoms with Gasteiger partial charge in [0.15, 0.2) is 24.6 Å². The van der Waals surface area contributed by atoms with Crippen LogP contribution in [0.15, 0.2) is 85.1 Å². The van der Waals surface area contributed by atoms with E-state index in [1.165, 1.54) is 180 Å². The van der Waals surface area contributed by atoms with E-state index in [2.05, 4.69) is 87.6 Å². The van der Waals surface area contributed by atoms with E-state index in [1.807, 2.05) is 18.2 Å². The number of allylic oxidation sites excluding steroid dienone is 14. The van der Waals surface area contributed by atoms with Gasteiger partial charge in [-0.1, -0.05) is 298 Å². The Kier molecular flexibility index (Phi) is 57.8. The Morgan fingerprint density at radius 1 is 0.391 bits per heavy atom. The highest BCUT2D eigenvalue weighted by Crippen LogP contribution is 2.27. The van der Waals surface area contributed by atoms with Crippen LogP contribution in [0, 0.1) is 0 Å². The third-order valence-electron chi connectivity index (χ3n) is 16.0. The van der Waals surface area contributed by atoms with Gasteiger partial charge in [0.05, 0.1) is 6.61 Å². The minimum absolute atomic E-state index is 0.0656. The van der Waals surface area contributed by atoms with Gasteiger partial charge in [0, 0.05) is 19.3 Å². The number of aliphatic carboxylic acids is 1. The molecule has 12 heteroatoms. The SMILES string of the molecule is CC/C=C\C/C=C\C/C=C\C/C=C\C/C=C\C/C=C\CCC(=O)OC1C(OCC(COC(=O)CCCCCCCCCCC/C=C\CCCCCCCC)OC(=O)CCCCCCCCCCCCCCCCCCCCC)OC(C(=O)O)C(O)C1O. The summed E-state index contributed by atoms with van der Waals surface area (Å²) in [5.41, 5.74) is 0. The van der Waals surface area contributed by atoms with Crippen molar-refractivity contribution in [3.8, 4) is 0 Å². The summed E-state index contributed by atoms with van der Waals surface area (Å²) in [4.78, 5) is 51.5. The first-order valence-corrected chi connectivity index (χ1v) is 35.6. The first kappa shape index (κ1) is 80.9. The Balaban J connectivity index is 2.67. The number of esters is 3. The summed E-state index contributed by atoms with van der Waals surface area (Å²) >= 11 is 0. The first-order valence-electron chi connectivity index (χ1n) is 35.6. The lowest BCUT2D eigenvalue weighted by atomic mass is 9.98. The second-order valence-corrected chi connectivity index (χ2v) is 24.1. The van der Waals surface area contributed by atoms with Crippen LogP contribution in [-0.4, -0.2) is 89.2 Å². The largest absolute Gasteiger partial charge is 0.479 e. The molecule has 1 saturated heterocycles. The molecular formula is C75H128O12. The fourth-order valence-electron chi connectivity index (χ4n) is 10.6. The molecule has 1 rings (SSSR count). The molecule has 0 aromatic heterocycles. The number of carboxylic acids is 1. The van der Waals surface area contributed by atoms with Crippen LogP contribution in [0.1, 0.15) is 316 Å². The number of carbonyl (C=O) groups is 4. The van der Waals surface area contributed by atoms with Crippen molar-refractivity contribution in [3.63, 3.8) is 0 Å². The summed E-state index contributed by atoms with van der Waals surface area (Å²) in [6.07, 6.45) is 69.8. The fraction of sp³-hybridized carbons (Fsp3) is 0.760. The quantitative estimate of drug-likeness (QED) is 0.0228. The Hall–Kier alpha value is -4.10. The minimum Gasteiger partial charge on any atom is -0.479 e. The van der Waals surface area contributed by atoms with E-state index < -0.39 is 67.3 Å². The van der Waals surface area contributed by atoms with E-state index in [4.69, 9.17) is 23.7 Å². The predicted molar refractivity (Wildman–Crippen MR) is 358 cm³/mol. The number of carbonyl (C=O) groups excluding carboxylic acids is 3. The van der Waals surface area contributed by atoms with Gasteiger partial charge in [-0.25, -0.2) is 4.79 Å². The van der Waals surface area contributed by atoms with E-state index in [-0.39, 0.29) is 25.9 Å². The lowest BCUT2D eigenvalue weighted by Crippen LogP contribution is -2.61. The van der Waals surface area contributed by atoms with Crippen LogP contribution in [0.2, 0.25) is 0 Å². The minimum atomic E-state index is -1.93. The maximum Gasteiger partial charge on any atom is 0.335 e. The van der Waals surface area contributed by atoms with E-state index in [0.29, 0.717) is 25.7 Å². The molecule has 1 aliphatic rings. The van der Waals surface area contributed by atoms with Crippen molar-refractivity contribution in [2.45, 2.75) is 353 Å². The molecule has 0 spiro atoms. The molecule has 1 heterocycles. The summed E-state index contributed by atoms with van der Waals surface area (Å²) in [5.74, 6) is -3.21. The molecule has 6 atom stereocenters. The number of aliphatic hydroxyl groups is 2. The molecule has 3 N–H and O–H groups in total. The van der Waals surface area contributed by atoms with Crippen molar-refractivity contribution in [2.24, 2.45) is 0 Å². The Morgan fingerprint density at radius 2 is 0.747 bits per heavy atom. The Morgan fingerprint density at radius 3 is 1.15 bits per heavy atom. The summed E-state index contributed by atoms with van der Waals surface area (Å²) in [6.45, 7) is 5.90. The molecule has 0 saturated carbocycles. The predicted octanol–water partition coefficient (Wildman–Crippen LogP) is 19.8. The smallest absolute Gasteiger partial charge is 0.335 e. The van der Waals surface area contributed by atoms with Crippen molar-refractivity contribution in [1.82, 2.24) is 0 Å². The number of hydrogen-bond acceptors (Lipinski definition) is 11. The molecule has 6 unspecified atom stereocenters. The number of aliphatic hydroxyl groups excluding tert-OH is 2. The van der Waals surface area contributed by atoms with Crippen LogP contribution in [0.25, 0.3) is 0 Å². The van der Waals surface area contributed by atoms with Crippen molar-refractivity contribution in [3.05, 3.63) is 85.1 Å². The van der Waals surface area contributed by atoms with E-state index in [0.717, 1.165) is 70.6 Å². The highest BCUT2D eigenvalue weighted by molar-refractivity contribution is 5.74. The molecule has 0 aliphatic carbocycles. The highest BCUT2D eigenvalue weighted by atomic mass is 16.7. The molecule has 87 heavy (non-hydrogen) atoms. The van der Waals surface area contributed by atoms with Gasteiger partial charge < -0.3 is 39.0 Å². The molecule has 0 aromatic carbocycles. The molecule has 0 aromatic rings. The first-order chi connectivity index (χ1) is 42.6. The van der Waals surface area contributed by atoms with Crippen LogP contribution in [0.3, 0.4) is 0 Å². The molecule has 1 fully saturated rings. The standard InChI is InChI=1S/C75H128O12/c1-4-7-10-13-16-19-22-25-28-31-34-37-40-43-46-49-52-55-58-61-67(76)83-64-66(85-68(77)62-59-56-53-50-47-44-41-38-35-32-29-26-23-20-17-14-11-8-5-2)65-84-75-73(71(80)70(79)72(87-75)74(81)82)86-69(78)63-60-57-54-51-48-45-42-39-36-33-30-27-24-21-18-15-12-9-6-3/h9,12,18,21,25,27-28,30,36,39,45,48,54,57,66,70-73,75,79-80H,4-8,10-11,13-17,19-20,22-24,26,29,31-35,37-38,40-44,46-47,49-53,55-56,58-65H2,1-3H3,(H,81,82)/b12-9-,21-18-,28-25-,30-27-,39-36-,48-45-,57-54-. The Labute approximate surface area is 531 Å². The van der Waals surface area contributed by atoms with Crippen molar-refractivity contribution >= 4 is 23.9 Å². The molecule has 0 radical (unpaired) electrons. The molecular weight excluding hydrogens is 1090 g/mol. The van der Waals surface area contributed by atoms with Crippen LogP contribution < -0.4 is 0 Å². The van der Waals surface area contributed by atoms with Gasteiger partial charge in [-0.15, -0.1) is 0 Å². The molecule has 0 amide bonds. The average molecular weight is 1220 g/mol. The summed E-state index contributed by atoms with van der Waals surface area (Å²) in [7, 11) is 0. The van der Waals surface area contributed by atoms with E-state index in [9.17, 15) is 34.5 Å². The second kappa shape index (κ2) is 62.1. The van der Waals surface area contributed by atoms with E-state index >= 15 is 0 Å². The molecule has 0 bridgehead atoms. The van der Waals surface area contributed by atoms with Gasteiger partial charge >= 0.3 is 23.9 Å². The van der Waals surface area contributed by atoms with Crippen molar-refractivity contribution in [2.75, 3.05) is 13.2 Å². The summed E-state index contributed by atoms with van der Waals surface area (Å²) in [6, 6.07) is 0. The topological polar surface area (TPSA) is 175 Å². The van der Waals surface area contributed by atoms with E-state index in [1.54, 1.807) is 0 Å². The average Bonchev–Trinajstić information content (AvgIpc) is 2.60. The summed E-state index contributed by atoms with van der Waals surface area (Å²) in [5, 5.41) is 31.7. The van der Waals surface area contributed by atoms with Crippen LogP contribution in [0.4, 0.5) is 0 Å². The third kappa shape index (κ3) is 51.4. The zero-order valence-electron chi connectivity index (χ0n) is 55.5. The summed E-state index contributed by atoms with van der Waals surface area (Å²) < 4.78 is 28.5. The van der Waals surface area contributed by atoms with Gasteiger partial charge in [-0.3, -0.25) is 14.4 Å². The van der Waals surface area contributed by atoms with Crippen LogP contribution >= 0.6 is 0 Å². The zero-order chi connectivity index (χ0) is 63.1. The maximum absolute atomic E-state index is 13.3. The highest BCUT2D eigenvalue weighted by Gasteiger charge is 2.50. The van der Waals surface area contributed by atoms with Crippen molar-refractivity contribution in [1.29, 1.82) is 0 Å². The lowest BCUT2D eigenvalue weighted by Gasteiger charge is -2.40. The number of carboxylic acid groups (broad SMARTS) is 1. The number of hydrogen-bond donors (Lipinski definition) is 3. The van der Waals surface area contributed by atoms with Gasteiger partial charge in [-0.05, 0) is 83.5 Å². The number of unbranched alkanes of at least 4 members (excludes halogenated alkanes) is 33. The van der Waals surface area contributed by atoms with Gasteiger partial charge in [0.1, 0.15) is 18.8 Å². The molecule has 500 valence electrons. The Bertz CT molecular complexity index is 1830. The second-order valence-electron chi connectivity index (χ2n) is 24.1. The van der Waals surface area contributed by atoms with Crippen LogP contribution in [0.5, 0.6) is 0 Å². The maximum atomic E-state index is 13.3. The molecule has 1 aliphatic heterocycles. The van der Waals surface area contributed by atoms with Gasteiger partial charge in [-0.2, -0.15) is 0 Å². The molecule has 12 nitrogen and oxygen atoms in total. The van der Waals surface area contributed by atoms with Crippen molar-refractivity contribution < 1.29 is 58.2 Å². The number of rotatable bonds is 61.